The fourth-order valence-electron chi connectivity index (χ4n) is 3.89. The number of rotatable bonds is 13. The fraction of sp³-hybridized carbons (Fsp3) is 0.850. The van der Waals surface area contributed by atoms with Gasteiger partial charge in [-0.1, -0.05) is 0 Å². The van der Waals surface area contributed by atoms with E-state index in [1.807, 2.05) is 3.21 Å². The Morgan fingerprint density at radius 3 is 1.62 bits per heavy atom. The fourth-order valence-corrected chi connectivity index (χ4v) is 37.1. The Hall–Kier alpha value is 0.226. The molecule has 0 bridgehead atoms. The molecule has 0 N–H and O–H groups in total. The summed E-state index contributed by atoms with van der Waals surface area (Å²) < 4.78 is 11.7. The summed E-state index contributed by atoms with van der Waals surface area (Å²) in [4.78, 5) is 11.2. The molecular weight excluding hydrogens is 419 g/mol. The van der Waals surface area contributed by atoms with Crippen LogP contribution in [0.5, 0.6) is 0 Å². The molecule has 24 heavy (non-hydrogen) atoms. The first-order valence-corrected chi connectivity index (χ1v) is 21.1. The normalized spacial score (nSPS) is 13.2. The Morgan fingerprint density at radius 2 is 1.33 bits per heavy atom. The number of carbonyl (C=O) groups excluding carboxylic acids is 1. The average Bonchev–Trinajstić information content (AvgIpc) is 2.50. The van der Waals surface area contributed by atoms with Gasteiger partial charge in [0.15, 0.2) is 0 Å². The second kappa shape index (κ2) is 12.6. The molecule has 142 valence electrons. The third kappa shape index (κ3) is 9.07. The first kappa shape index (κ1) is 24.2. The van der Waals surface area contributed by atoms with E-state index in [4.69, 9.17) is 4.74 Å². The van der Waals surface area contributed by atoms with Crippen LogP contribution in [0.3, 0.4) is 0 Å². The van der Waals surface area contributed by atoms with Gasteiger partial charge in [-0.25, -0.2) is 0 Å². The topological polar surface area (TPSA) is 26.3 Å². The maximum atomic E-state index is 11.2. The van der Waals surface area contributed by atoms with Gasteiger partial charge in [0.25, 0.3) is 0 Å². The van der Waals surface area contributed by atoms with Crippen LogP contribution < -0.4 is 0 Å². The Morgan fingerprint density at radius 1 is 0.917 bits per heavy atom. The van der Waals surface area contributed by atoms with E-state index in [1.165, 1.54) is 58.8 Å². The van der Waals surface area contributed by atoms with Crippen molar-refractivity contribution in [1.29, 1.82) is 0 Å². The van der Waals surface area contributed by atoms with E-state index in [9.17, 15) is 4.79 Å². The van der Waals surface area contributed by atoms with Gasteiger partial charge in [0.2, 0.25) is 0 Å². The van der Waals surface area contributed by atoms with Crippen molar-refractivity contribution in [3.8, 4) is 0 Å². The molecule has 0 unspecified atom stereocenters. The van der Waals surface area contributed by atoms with Crippen LogP contribution in [-0.2, 0) is 9.53 Å². The Balaban J connectivity index is 5.74. The van der Waals surface area contributed by atoms with Crippen LogP contribution in [0.2, 0.25) is 33.0 Å². The summed E-state index contributed by atoms with van der Waals surface area (Å²) in [6.07, 6.45) is 10.5. The molecule has 0 aliphatic heterocycles. The zero-order valence-electron chi connectivity index (χ0n) is 17.5. The molecule has 0 amide bonds. The predicted molar refractivity (Wildman–Crippen MR) is 113 cm³/mol. The van der Waals surface area contributed by atoms with Crippen LogP contribution in [0.25, 0.3) is 0 Å². The third-order valence-electron chi connectivity index (χ3n) is 4.98. The molecule has 2 nitrogen and oxygen atoms in total. The molecule has 0 spiro atoms. The number of unbranched alkanes of at least 4 members (excludes halogenated alkanes) is 3. The number of esters is 1. The van der Waals surface area contributed by atoms with Crippen molar-refractivity contribution >= 4 is 32.4 Å². The summed E-state index contributed by atoms with van der Waals surface area (Å²) in [5, 5.41) is 0. The van der Waals surface area contributed by atoms with Gasteiger partial charge in [0.05, 0.1) is 0 Å². The second-order valence-corrected chi connectivity index (χ2v) is 27.9. The van der Waals surface area contributed by atoms with E-state index < -0.39 is 26.5 Å². The van der Waals surface area contributed by atoms with E-state index in [0.717, 1.165) is 0 Å². The Bertz CT molecular complexity index is 364. The average molecular weight is 461 g/mol. The molecule has 0 aromatic heterocycles. The zero-order chi connectivity index (χ0) is 18.6. The van der Waals surface area contributed by atoms with Crippen molar-refractivity contribution in [2.75, 3.05) is 6.61 Å². The molecule has 0 aromatic rings. The molecule has 0 rings (SSSR count). The molecule has 0 saturated heterocycles. The van der Waals surface area contributed by atoms with E-state index >= 15 is 0 Å². The number of carbonyl (C=O) groups is 1. The van der Waals surface area contributed by atoms with Crippen molar-refractivity contribution in [2.24, 2.45) is 0 Å². The number of hydrogen-bond donors (Lipinski definition) is 0. The van der Waals surface area contributed by atoms with Gasteiger partial charge in [-0.3, -0.25) is 0 Å². The second-order valence-electron chi connectivity index (χ2n) is 8.26. The quantitative estimate of drug-likeness (QED) is 0.224. The van der Waals surface area contributed by atoms with Crippen molar-refractivity contribution in [1.82, 2.24) is 0 Å². The van der Waals surface area contributed by atoms with Crippen LogP contribution >= 0.6 is 0 Å². The molecule has 0 aliphatic carbocycles. The van der Waals surface area contributed by atoms with E-state index in [2.05, 4.69) is 46.5 Å². The standard InChI is InChI=1S/C8H15O2Si.3C4H9.Sn/c1-8(9)10-6-5-7-11(2,3)4;3*1-3-4-2;/h5H,6H2,1-4H3;3*1,3-4H2,2H3;. The van der Waals surface area contributed by atoms with Gasteiger partial charge >= 0.3 is 157 Å². The first-order chi connectivity index (χ1) is 11.2. The maximum absolute atomic E-state index is 11.2. The van der Waals surface area contributed by atoms with E-state index in [-0.39, 0.29) is 5.97 Å². The molecular formula is C20H42O2SiSn. The molecule has 0 saturated carbocycles. The van der Waals surface area contributed by atoms with Crippen LogP contribution in [0.15, 0.2) is 9.29 Å². The summed E-state index contributed by atoms with van der Waals surface area (Å²) in [7, 11) is -1.38. The minimum absolute atomic E-state index is 0.155. The molecule has 0 aromatic carbocycles. The van der Waals surface area contributed by atoms with Gasteiger partial charge in [0, 0.05) is 0 Å². The number of hydrogen-bond acceptors (Lipinski definition) is 2. The van der Waals surface area contributed by atoms with Crippen LogP contribution in [-0.4, -0.2) is 39.0 Å². The third-order valence-corrected chi connectivity index (χ3v) is 31.8. The summed E-state index contributed by atoms with van der Waals surface area (Å²) in [6.45, 7) is 16.5. The van der Waals surface area contributed by atoms with Gasteiger partial charge in [-0.05, 0) is 0 Å². The van der Waals surface area contributed by atoms with E-state index in [1.54, 1.807) is 0 Å². The van der Waals surface area contributed by atoms with Gasteiger partial charge < -0.3 is 0 Å². The van der Waals surface area contributed by atoms with Crippen LogP contribution in [0.1, 0.15) is 66.2 Å². The monoisotopic (exact) mass is 462 g/mol. The van der Waals surface area contributed by atoms with Crippen molar-refractivity contribution in [3.63, 3.8) is 0 Å². The molecule has 0 aliphatic rings. The number of ether oxygens (including phenoxy) is 1. The summed E-state index contributed by atoms with van der Waals surface area (Å²) in [5.74, 6) is -0.155. The molecule has 0 atom stereocenters. The van der Waals surface area contributed by atoms with Crippen molar-refractivity contribution < 1.29 is 9.53 Å². The van der Waals surface area contributed by atoms with E-state index in [0.29, 0.717) is 6.61 Å². The zero-order valence-corrected chi connectivity index (χ0v) is 21.3. The SMILES string of the molecule is CCC[CH2][Sn]([CH2]CCC)([CH2]CCC)/[C](=C\COC(C)=O)[Si](C)(C)C. The van der Waals surface area contributed by atoms with Crippen molar-refractivity contribution in [2.45, 2.75) is 99.2 Å². The summed E-state index contributed by atoms with van der Waals surface area (Å²) >= 11 is -2.38. The molecule has 0 radical (unpaired) electrons. The Labute approximate surface area is 156 Å². The van der Waals surface area contributed by atoms with Crippen molar-refractivity contribution in [3.05, 3.63) is 9.29 Å². The minimum atomic E-state index is -2.38. The molecule has 0 heterocycles. The van der Waals surface area contributed by atoms with Gasteiger partial charge in [0.1, 0.15) is 0 Å². The van der Waals surface area contributed by atoms with Crippen LogP contribution in [0.4, 0.5) is 0 Å². The Kier molecular flexibility index (Phi) is 12.7. The van der Waals surface area contributed by atoms with Crippen LogP contribution in [0, 0.1) is 0 Å². The molecule has 0 fully saturated rings. The summed E-state index contributed by atoms with van der Waals surface area (Å²) in [5.41, 5.74) is 0. The molecule has 4 heteroatoms. The summed E-state index contributed by atoms with van der Waals surface area (Å²) in [6, 6.07) is 0. The predicted octanol–water partition coefficient (Wildman–Crippen LogP) is 6.74. The van der Waals surface area contributed by atoms with Gasteiger partial charge in [-0.2, -0.15) is 0 Å². The van der Waals surface area contributed by atoms with Gasteiger partial charge in [-0.15, -0.1) is 0 Å². The first-order valence-electron chi connectivity index (χ1n) is 10.1.